The number of hydrogen-bond donors (Lipinski definition) is 2. The lowest BCUT2D eigenvalue weighted by Crippen LogP contribution is -2.36. The van der Waals surface area contributed by atoms with Crippen molar-refractivity contribution in [2.75, 3.05) is 13.2 Å². The Hall–Kier alpha value is -0.900. The molecule has 13 heavy (non-hydrogen) atoms. The predicted octanol–water partition coefficient (Wildman–Crippen LogP) is 0.100. The van der Waals surface area contributed by atoms with Crippen LogP contribution in [-0.2, 0) is 9.59 Å². The molecule has 1 amide bonds. The number of ketones is 1. The van der Waals surface area contributed by atoms with Crippen molar-refractivity contribution < 1.29 is 14.7 Å². The zero-order chi connectivity index (χ0) is 10.5. The van der Waals surface area contributed by atoms with Gasteiger partial charge in [0.15, 0.2) is 0 Å². The van der Waals surface area contributed by atoms with Crippen molar-refractivity contribution in [2.45, 2.75) is 27.2 Å². The van der Waals surface area contributed by atoms with E-state index in [2.05, 4.69) is 5.32 Å². The minimum Gasteiger partial charge on any atom is -0.396 e. The van der Waals surface area contributed by atoms with Gasteiger partial charge in [0.25, 0.3) is 0 Å². The number of rotatable bonds is 5. The normalized spacial score (nSPS) is 11.1. The third-order valence-electron chi connectivity index (χ3n) is 1.60. The summed E-state index contributed by atoms with van der Waals surface area (Å²) in [6.07, 6.45) is -0.0818. The van der Waals surface area contributed by atoms with Crippen LogP contribution in [0.5, 0.6) is 0 Å². The minimum absolute atomic E-state index is 0.00729. The number of hydrogen-bond acceptors (Lipinski definition) is 3. The van der Waals surface area contributed by atoms with E-state index in [1.54, 1.807) is 0 Å². The summed E-state index contributed by atoms with van der Waals surface area (Å²) < 4.78 is 0. The molecule has 4 nitrogen and oxygen atoms in total. The summed E-state index contributed by atoms with van der Waals surface area (Å²) in [6.45, 7) is 5.43. The molecule has 2 N–H and O–H groups in total. The molecule has 0 aromatic rings. The maximum absolute atomic E-state index is 11.0. The molecular weight excluding hydrogens is 170 g/mol. The second-order valence-electron chi connectivity index (χ2n) is 3.98. The highest BCUT2D eigenvalue weighted by molar-refractivity contribution is 5.96. The fourth-order valence-corrected chi connectivity index (χ4v) is 0.682. The van der Waals surface area contributed by atoms with E-state index in [4.69, 9.17) is 5.11 Å². The molecule has 0 saturated heterocycles. The lowest BCUT2D eigenvalue weighted by molar-refractivity contribution is -0.127. The molecule has 0 bridgehead atoms. The quantitative estimate of drug-likeness (QED) is 0.600. The average Bonchev–Trinajstić information content (AvgIpc) is 2.00. The van der Waals surface area contributed by atoms with Crippen molar-refractivity contribution >= 4 is 11.7 Å². The first-order chi connectivity index (χ1) is 5.87. The van der Waals surface area contributed by atoms with Gasteiger partial charge < -0.3 is 10.4 Å². The zero-order valence-electron chi connectivity index (χ0n) is 8.39. The first-order valence-electron chi connectivity index (χ1n) is 4.24. The van der Waals surface area contributed by atoms with Gasteiger partial charge in [0, 0.05) is 18.6 Å². The van der Waals surface area contributed by atoms with Gasteiger partial charge in [-0.1, -0.05) is 13.8 Å². The van der Waals surface area contributed by atoms with E-state index in [-0.39, 0.29) is 30.1 Å². The second kappa shape index (κ2) is 4.97. The highest BCUT2D eigenvalue weighted by Crippen LogP contribution is 2.10. The minimum atomic E-state index is -0.327. The first kappa shape index (κ1) is 12.1. The summed E-state index contributed by atoms with van der Waals surface area (Å²) in [7, 11) is 0. The van der Waals surface area contributed by atoms with Crippen molar-refractivity contribution in [1.82, 2.24) is 5.32 Å². The van der Waals surface area contributed by atoms with Crippen molar-refractivity contribution in [2.24, 2.45) is 5.41 Å². The van der Waals surface area contributed by atoms with Crippen LogP contribution < -0.4 is 5.32 Å². The van der Waals surface area contributed by atoms with Gasteiger partial charge in [0.1, 0.15) is 5.78 Å². The largest absolute Gasteiger partial charge is 0.396 e. The van der Waals surface area contributed by atoms with Crippen LogP contribution in [0.1, 0.15) is 27.2 Å². The number of nitrogens with one attached hydrogen (secondary N) is 1. The molecule has 0 heterocycles. The van der Waals surface area contributed by atoms with E-state index < -0.39 is 0 Å². The maximum Gasteiger partial charge on any atom is 0.227 e. The molecule has 4 heteroatoms. The second-order valence-corrected chi connectivity index (χ2v) is 3.98. The van der Waals surface area contributed by atoms with Gasteiger partial charge in [-0.15, -0.1) is 0 Å². The Bertz CT molecular complexity index is 199. The Labute approximate surface area is 78.3 Å². The van der Waals surface area contributed by atoms with Gasteiger partial charge in [0.2, 0.25) is 5.91 Å². The molecule has 0 aromatic heterocycles. The van der Waals surface area contributed by atoms with Gasteiger partial charge in [-0.3, -0.25) is 9.59 Å². The van der Waals surface area contributed by atoms with Gasteiger partial charge in [-0.05, 0) is 6.92 Å². The molecule has 0 fully saturated rings. The van der Waals surface area contributed by atoms with Crippen molar-refractivity contribution in [3.05, 3.63) is 0 Å². The van der Waals surface area contributed by atoms with Gasteiger partial charge in [-0.2, -0.15) is 0 Å². The van der Waals surface area contributed by atoms with Crippen LogP contribution in [0.2, 0.25) is 0 Å². The number of amides is 1. The number of Topliss-reactive ketones (excluding diaryl/α,β-unsaturated/α-hetero) is 1. The Morgan fingerprint density at radius 2 is 1.92 bits per heavy atom. The van der Waals surface area contributed by atoms with E-state index in [1.165, 1.54) is 6.92 Å². The SMILES string of the molecule is CC(=O)CC(=O)NCC(C)(C)CO. The topological polar surface area (TPSA) is 66.4 Å². The van der Waals surface area contributed by atoms with Crippen molar-refractivity contribution in [3.63, 3.8) is 0 Å². The Morgan fingerprint density at radius 1 is 1.38 bits per heavy atom. The monoisotopic (exact) mass is 187 g/mol. The maximum atomic E-state index is 11.0. The summed E-state index contributed by atoms with van der Waals surface area (Å²) in [6, 6.07) is 0. The fraction of sp³-hybridized carbons (Fsp3) is 0.778. The van der Waals surface area contributed by atoms with Gasteiger partial charge in [0.05, 0.1) is 6.42 Å². The van der Waals surface area contributed by atoms with Gasteiger partial charge >= 0.3 is 0 Å². The van der Waals surface area contributed by atoms with Crippen LogP contribution in [0.25, 0.3) is 0 Å². The van der Waals surface area contributed by atoms with Crippen LogP contribution in [0.3, 0.4) is 0 Å². The molecule has 0 aliphatic carbocycles. The highest BCUT2D eigenvalue weighted by atomic mass is 16.3. The summed E-state index contributed by atoms with van der Waals surface area (Å²) in [5, 5.41) is 11.5. The molecule has 0 aliphatic rings. The molecule has 0 aliphatic heterocycles. The van der Waals surface area contributed by atoms with Crippen molar-refractivity contribution in [1.29, 1.82) is 0 Å². The van der Waals surface area contributed by atoms with E-state index in [9.17, 15) is 9.59 Å². The summed E-state index contributed by atoms with van der Waals surface area (Å²) in [5.74, 6) is -0.437. The lowest BCUT2D eigenvalue weighted by Gasteiger charge is -2.21. The summed E-state index contributed by atoms with van der Waals surface area (Å²) in [4.78, 5) is 21.5. The number of aliphatic hydroxyl groups excluding tert-OH is 1. The molecular formula is C9H17NO3. The molecule has 0 rings (SSSR count). The van der Waals surface area contributed by atoms with Crippen LogP contribution >= 0.6 is 0 Å². The van der Waals surface area contributed by atoms with E-state index >= 15 is 0 Å². The third-order valence-corrected chi connectivity index (χ3v) is 1.60. The van der Waals surface area contributed by atoms with E-state index in [0.29, 0.717) is 6.54 Å². The van der Waals surface area contributed by atoms with Crippen LogP contribution in [0.15, 0.2) is 0 Å². The summed E-state index contributed by atoms with van der Waals surface area (Å²) in [5.41, 5.74) is -0.327. The van der Waals surface area contributed by atoms with E-state index in [1.807, 2.05) is 13.8 Å². The molecule has 0 unspecified atom stereocenters. The van der Waals surface area contributed by atoms with Gasteiger partial charge in [-0.25, -0.2) is 0 Å². The van der Waals surface area contributed by atoms with Crippen LogP contribution in [0, 0.1) is 5.41 Å². The van der Waals surface area contributed by atoms with Crippen LogP contribution in [-0.4, -0.2) is 29.9 Å². The smallest absolute Gasteiger partial charge is 0.227 e. The average molecular weight is 187 g/mol. The Balaban J connectivity index is 3.76. The fourth-order valence-electron chi connectivity index (χ4n) is 0.682. The summed E-state index contributed by atoms with van der Waals surface area (Å²) >= 11 is 0. The molecule has 0 spiro atoms. The molecule has 76 valence electrons. The number of aliphatic hydroxyl groups is 1. The predicted molar refractivity (Wildman–Crippen MR) is 49.2 cm³/mol. The number of carbonyl (C=O) groups excluding carboxylic acids is 2. The van der Waals surface area contributed by atoms with E-state index in [0.717, 1.165) is 0 Å². The molecule has 0 atom stereocenters. The standard InChI is InChI=1S/C9H17NO3/c1-7(12)4-8(13)10-5-9(2,3)6-11/h11H,4-6H2,1-3H3,(H,10,13). The first-order valence-corrected chi connectivity index (χ1v) is 4.24. The molecule has 0 saturated carbocycles. The number of carbonyl (C=O) groups is 2. The Morgan fingerprint density at radius 3 is 2.31 bits per heavy atom. The highest BCUT2D eigenvalue weighted by Gasteiger charge is 2.17. The zero-order valence-corrected chi connectivity index (χ0v) is 8.39. The molecule has 0 radical (unpaired) electrons. The Kier molecular flexibility index (Phi) is 4.62. The van der Waals surface area contributed by atoms with Crippen LogP contribution in [0.4, 0.5) is 0 Å². The van der Waals surface area contributed by atoms with Crippen molar-refractivity contribution in [3.8, 4) is 0 Å². The molecule has 0 aromatic carbocycles. The third kappa shape index (κ3) is 6.28. The lowest BCUT2D eigenvalue weighted by atomic mass is 9.95.